The van der Waals surface area contributed by atoms with E-state index in [1.807, 2.05) is 0 Å². The van der Waals surface area contributed by atoms with E-state index in [0.29, 0.717) is 6.61 Å². The first-order chi connectivity index (χ1) is 7.62. The molecule has 1 aliphatic rings. The molecule has 0 spiro atoms. The zero-order valence-electron chi connectivity index (χ0n) is 10.9. The molecule has 0 aromatic heterocycles. The van der Waals surface area contributed by atoms with E-state index in [1.54, 1.807) is 7.11 Å². The highest BCUT2D eigenvalue weighted by Gasteiger charge is 2.38. The van der Waals surface area contributed by atoms with Gasteiger partial charge in [-0.05, 0) is 25.2 Å². The van der Waals surface area contributed by atoms with Crippen molar-refractivity contribution in [2.75, 3.05) is 20.3 Å². The topological polar surface area (TPSA) is 38.7 Å². The Bertz CT molecular complexity index is 194. The van der Waals surface area contributed by atoms with Crippen LogP contribution in [0.3, 0.4) is 0 Å². The number of rotatable bonds is 6. The smallest absolute Gasteiger partial charge is 0.0720 e. The second-order valence-electron chi connectivity index (χ2n) is 5.02. The highest BCUT2D eigenvalue weighted by Crippen LogP contribution is 2.34. The highest BCUT2D eigenvalue weighted by atomic mass is 16.5. The molecule has 0 aliphatic carbocycles. The van der Waals surface area contributed by atoms with Gasteiger partial charge in [-0.25, -0.2) is 0 Å². The molecule has 1 N–H and O–H groups in total. The average molecular weight is 230 g/mol. The summed E-state index contributed by atoms with van der Waals surface area (Å²) >= 11 is 0. The van der Waals surface area contributed by atoms with Crippen molar-refractivity contribution in [3.8, 4) is 0 Å². The molecule has 16 heavy (non-hydrogen) atoms. The zero-order chi connectivity index (χ0) is 12.0. The van der Waals surface area contributed by atoms with Crippen LogP contribution in [0, 0.1) is 5.92 Å². The Morgan fingerprint density at radius 3 is 2.94 bits per heavy atom. The van der Waals surface area contributed by atoms with Gasteiger partial charge in [0, 0.05) is 26.7 Å². The molecule has 1 aliphatic heterocycles. The van der Waals surface area contributed by atoms with Crippen LogP contribution in [0.1, 0.15) is 46.0 Å². The van der Waals surface area contributed by atoms with Crippen LogP contribution in [0.25, 0.3) is 0 Å². The van der Waals surface area contributed by atoms with E-state index < -0.39 is 5.60 Å². The van der Waals surface area contributed by atoms with Crippen molar-refractivity contribution in [1.29, 1.82) is 0 Å². The SMILES string of the molecule is CCCC1CC(O)(C(C)CCOC)CCO1. The van der Waals surface area contributed by atoms with E-state index in [0.717, 1.165) is 38.7 Å². The minimum atomic E-state index is -0.545. The number of ether oxygens (including phenoxy) is 2. The summed E-state index contributed by atoms with van der Waals surface area (Å²) in [4.78, 5) is 0. The third-order valence-corrected chi connectivity index (χ3v) is 3.75. The number of hydrogen-bond acceptors (Lipinski definition) is 3. The molecule has 0 aromatic rings. The first kappa shape index (κ1) is 13.9. The lowest BCUT2D eigenvalue weighted by Gasteiger charge is -2.41. The molecule has 3 nitrogen and oxygen atoms in total. The first-order valence-corrected chi connectivity index (χ1v) is 6.45. The summed E-state index contributed by atoms with van der Waals surface area (Å²) in [6.45, 7) is 5.69. The van der Waals surface area contributed by atoms with Crippen molar-refractivity contribution in [1.82, 2.24) is 0 Å². The fourth-order valence-electron chi connectivity index (χ4n) is 2.48. The van der Waals surface area contributed by atoms with Crippen molar-refractivity contribution >= 4 is 0 Å². The molecule has 1 fully saturated rings. The van der Waals surface area contributed by atoms with E-state index in [1.165, 1.54) is 0 Å². The standard InChI is InChI=1S/C13H26O3/c1-4-5-12-10-13(14,7-9-16-12)11(2)6-8-15-3/h11-12,14H,4-10H2,1-3H3. The van der Waals surface area contributed by atoms with E-state index in [-0.39, 0.29) is 12.0 Å². The van der Waals surface area contributed by atoms with Crippen LogP contribution in [-0.2, 0) is 9.47 Å². The Kier molecular flexibility index (Phi) is 5.73. The molecule has 96 valence electrons. The summed E-state index contributed by atoms with van der Waals surface area (Å²) in [5.74, 6) is 0.288. The summed E-state index contributed by atoms with van der Waals surface area (Å²) in [7, 11) is 1.71. The van der Waals surface area contributed by atoms with Crippen LogP contribution in [0.2, 0.25) is 0 Å². The van der Waals surface area contributed by atoms with Gasteiger partial charge in [0.1, 0.15) is 0 Å². The van der Waals surface area contributed by atoms with Crippen molar-refractivity contribution in [2.24, 2.45) is 5.92 Å². The minimum Gasteiger partial charge on any atom is -0.389 e. The predicted octanol–water partition coefficient (Wildman–Crippen LogP) is 2.37. The number of aliphatic hydroxyl groups is 1. The van der Waals surface area contributed by atoms with E-state index in [2.05, 4.69) is 13.8 Å². The maximum absolute atomic E-state index is 10.6. The lowest BCUT2D eigenvalue weighted by Crippen LogP contribution is -2.45. The molecule has 3 unspecified atom stereocenters. The summed E-state index contributed by atoms with van der Waals surface area (Å²) in [5.41, 5.74) is -0.545. The largest absolute Gasteiger partial charge is 0.389 e. The summed E-state index contributed by atoms with van der Waals surface area (Å²) in [6, 6.07) is 0. The zero-order valence-corrected chi connectivity index (χ0v) is 10.9. The highest BCUT2D eigenvalue weighted by molar-refractivity contribution is 4.89. The number of hydrogen-bond donors (Lipinski definition) is 1. The average Bonchev–Trinajstić information content (AvgIpc) is 2.26. The Morgan fingerprint density at radius 2 is 2.31 bits per heavy atom. The van der Waals surface area contributed by atoms with Gasteiger partial charge in [0.15, 0.2) is 0 Å². The molecule has 0 radical (unpaired) electrons. The Morgan fingerprint density at radius 1 is 1.56 bits per heavy atom. The normalized spacial score (nSPS) is 32.6. The molecule has 0 amide bonds. The van der Waals surface area contributed by atoms with E-state index in [9.17, 15) is 5.11 Å². The predicted molar refractivity (Wildman–Crippen MR) is 64.5 cm³/mol. The fourth-order valence-corrected chi connectivity index (χ4v) is 2.48. The van der Waals surface area contributed by atoms with Gasteiger partial charge in [-0.2, -0.15) is 0 Å². The van der Waals surface area contributed by atoms with Crippen LogP contribution in [0.15, 0.2) is 0 Å². The van der Waals surface area contributed by atoms with Gasteiger partial charge < -0.3 is 14.6 Å². The Labute approximate surface area is 99.1 Å². The van der Waals surface area contributed by atoms with Crippen LogP contribution in [-0.4, -0.2) is 37.1 Å². The fraction of sp³-hybridized carbons (Fsp3) is 1.00. The maximum atomic E-state index is 10.6. The molecule has 0 saturated carbocycles. The van der Waals surface area contributed by atoms with Crippen LogP contribution in [0.5, 0.6) is 0 Å². The summed E-state index contributed by atoms with van der Waals surface area (Å²) in [6.07, 6.45) is 4.89. The molecular formula is C13H26O3. The van der Waals surface area contributed by atoms with Gasteiger partial charge in [0.25, 0.3) is 0 Å². The van der Waals surface area contributed by atoms with Crippen LogP contribution >= 0.6 is 0 Å². The van der Waals surface area contributed by atoms with Crippen LogP contribution < -0.4 is 0 Å². The lowest BCUT2D eigenvalue weighted by atomic mass is 9.78. The van der Waals surface area contributed by atoms with Crippen molar-refractivity contribution in [3.05, 3.63) is 0 Å². The molecule has 0 aromatic carbocycles. The van der Waals surface area contributed by atoms with Gasteiger partial charge in [0.2, 0.25) is 0 Å². The minimum absolute atomic E-state index is 0.244. The Balaban J connectivity index is 2.47. The molecule has 1 saturated heterocycles. The maximum Gasteiger partial charge on any atom is 0.0720 e. The van der Waals surface area contributed by atoms with E-state index in [4.69, 9.17) is 9.47 Å². The molecule has 1 rings (SSSR count). The Hall–Kier alpha value is -0.120. The summed E-state index contributed by atoms with van der Waals surface area (Å²) < 4.78 is 10.8. The van der Waals surface area contributed by atoms with Gasteiger partial charge in [-0.15, -0.1) is 0 Å². The number of methoxy groups -OCH3 is 1. The first-order valence-electron chi connectivity index (χ1n) is 6.45. The van der Waals surface area contributed by atoms with Crippen molar-refractivity contribution < 1.29 is 14.6 Å². The molecular weight excluding hydrogens is 204 g/mol. The van der Waals surface area contributed by atoms with Gasteiger partial charge in [0.05, 0.1) is 11.7 Å². The second-order valence-corrected chi connectivity index (χ2v) is 5.02. The molecule has 1 heterocycles. The van der Waals surface area contributed by atoms with Crippen molar-refractivity contribution in [2.45, 2.75) is 57.7 Å². The molecule has 3 atom stereocenters. The van der Waals surface area contributed by atoms with Gasteiger partial charge in [-0.3, -0.25) is 0 Å². The second kappa shape index (κ2) is 6.58. The molecule has 3 heteroatoms. The molecule has 0 bridgehead atoms. The van der Waals surface area contributed by atoms with Crippen molar-refractivity contribution in [3.63, 3.8) is 0 Å². The quantitative estimate of drug-likeness (QED) is 0.761. The lowest BCUT2D eigenvalue weighted by molar-refractivity contribution is -0.133. The summed E-state index contributed by atoms with van der Waals surface area (Å²) in [5, 5.41) is 10.6. The van der Waals surface area contributed by atoms with Gasteiger partial charge in [-0.1, -0.05) is 20.3 Å². The third kappa shape index (κ3) is 3.72. The monoisotopic (exact) mass is 230 g/mol. The van der Waals surface area contributed by atoms with Gasteiger partial charge >= 0.3 is 0 Å². The third-order valence-electron chi connectivity index (χ3n) is 3.75. The van der Waals surface area contributed by atoms with E-state index >= 15 is 0 Å². The van der Waals surface area contributed by atoms with Crippen LogP contribution in [0.4, 0.5) is 0 Å².